The second-order valence-corrected chi connectivity index (χ2v) is 9.37. The molecule has 6 N–H and O–H groups in total. The molecule has 0 aliphatic rings. The predicted molar refractivity (Wildman–Crippen MR) is 172 cm³/mol. The second-order valence-electron chi connectivity index (χ2n) is 7.58. The highest BCUT2D eigenvalue weighted by Crippen LogP contribution is 2.34. The summed E-state index contributed by atoms with van der Waals surface area (Å²) < 4.78 is 0. The fourth-order valence-corrected chi connectivity index (χ4v) is 4.14. The van der Waals surface area contributed by atoms with Gasteiger partial charge < -0.3 is 26.2 Å². The first-order chi connectivity index (χ1) is 18.2. The van der Waals surface area contributed by atoms with Gasteiger partial charge in [0.15, 0.2) is 0 Å². The van der Waals surface area contributed by atoms with Crippen LogP contribution in [0.1, 0.15) is 22.3 Å². The van der Waals surface area contributed by atoms with E-state index in [0.717, 1.165) is 22.3 Å². The first-order valence-electron chi connectivity index (χ1n) is 11.2. The molecule has 5 nitrogen and oxygen atoms in total. The number of hydrogen-bond acceptors (Lipinski definition) is 9. The third-order valence-electron chi connectivity index (χ3n) is 5.01. The molecule has 0 aliphatic carbocycles. The van der Waals surface area contributed by atoms with Crippen molar-refractivity contribution < 1.29 is 20.4 Å². The summed E-state index contributed by atoms with van der Waals surface area (Å²) in [4.78, 5) is 2.85. The molecule has 0 amide bonds. The molecule has 0 bridgehead atoms. The van der Waals surface area contributed by atoms with Crippen molar-refractivity contribution in [1.82, 2.24) is 0 Å². The molecule has 4 aromatic carbocycles. The highest BCUT2D eigenvalue weighted by atomic mass is 32.1. The average Bonchev–Trinajstić information content (AvgIpc) is 2.94. The van der Waals surface area contributed by atoms with E-state index < -0.39 is 0 Å². The Labute approximate surface area is 244 Å². The lowest BCUT2D eigenvalue weighted by atomic mass is 10.1. The van der Waals surface area contributed by atoms with E-state index in [0.29, 0.717) is 19.6 Å². The summed E-state index contributed by atoms with van der Waals surface area (Å²) in [6.07, 6.45) is 0. The number of aromatic hydroxyl groups is 4. The Morgan fingerprint density at radius 1 is 0.368 bits per heavy atom. The molecule has 9 heteroatoms. The standard InChI is InChI=1S/2C14H12O2S2.CH5N/c2*15-11-5-1-9(2-6-11)13(17)14(18)10-3-7-12(16)8-4-10;1-2/h2*1-8,15-18H;2H2,1H3/b2*14-13-;. The smallest absolute Gasteiger partial charge is 0.115 e. The molecule has 0 fully saturated rings. The van der Waals surface area contributed by atoms with E-state index in [1.54, 1.807) is 97.1 Å². The zero-order valence-corrected chi connectivity index (χ0v) is 24.0. The van der Waals surface area contributed by atoms with Crippen molar-refractivity contribution in [2.24, 2.45) is 5.73 Å². The molecule has 0 aromatic heterocycles. The van der Waals surface area contributed by atoms with Gasteiger partial charge in [-0.1, -0.05) is 48.5 Å². The molecule has 0 heterocycles. The zero-order chi connectivity index (χ0) is 28.2. The van der Waals surface area contributed by atoms with Crippen LogP contribution in [-0.2, 0) is 0 Å². The molecular formula is C29H29NO4S4. The van der Waals surface area contributed by atoms with Crippen molar-refractivity contribution in [3.05, 3.63) is 119 Å². The summed E-state index contributed by atoms with van der Waals surface area (Å²) >= 11 is 17.8. The Kier molecular flexibility index (Phi) is 12.6. The summed E-state index contributed by atoms with van der Waals surface area (Å²) in [5.74, 6) is 0.853. The van der Waals surface area contributed by atoms with Crippen LogP contribution in [0.15, 0.2) is 97.1 Å². The van der Waals surface area contributed by atoms with Crippen molar-refractivity contribution >= 4 is 70.1 Å². The molecule has 4 rings (SSSR count). The topological polar surface area (TPSA) is 107 Å². The van der Waals surface area contributed by atoms with Crippen LogP contribution in [0.3, 0.4) is 0 Å². The van der Waals surface area contributed by atoms with Crippen LogP contribution in [0.5, 0.6) is 23.0 Å². The van der Waals surface area contributed by atoms with Gasteiger partial charge in [-0.2, -0.15) is 0 Å². The minimum Gasteiger partial charge on any atom is -0.508 e. The number of nitrogens with two attached hydrogens (primary N) is 1. The lowest BCUT2D eigenvalue weighted by Crippen LogP contribution is -1.82. The van der Waals surface area contributed by atoms with Crippen LogP contribution in [-0.4, -0.2) is 27.5 Å². The zero-order valence-electron chi connectivity index (χ0n) is 20.4. The molecule has 0 saturated heterocycles. The highest BCUT2D eigenvalue weighted by molar-refractivity contribution is 7.97. The average molecular weight is 584 g/mol. The minimum absolute atomic E-state index is 0.213. The molecule has 198 valence electrons. The Morgan fingerprint density at radius 3 is 0.632 bits per heavy atom. The first-order valence-corrected chi connectivity index (χ1v) is 12.9. The van der Waals surface area contributed by atoms with Crippen LogP contribution in [0.2, 0.25) is 0 Å². The largest absolute Gasteiger partial charge is 0.508 e. The van der Waals surface area contributed by atoms with Gasteiger partial charge in [-0.3, -0.25) is 0 Å². The maximum atomic E-state index is 9.24. The van der Waals surface area contributed by atoms with Crippen molar-refractivity contribution in [3.63, 3.8) is 0 Å². The molecule has 0 radical (unpaired) electrons. The Hall–Kier alpha value is -3.08. The van der Waals surface area contributed by atoms with Gasteiger partial charge in [-0.15, -0.1) is 50.5 Å². The van der Waals surface area contributed by atoms with Gasteiger partial charge in [0.2, 0.25) is 0 Å². The van der Waals surface area contributed by atoms with Gasteiger partial charge in [0.25, 0.3) is 0 Å². The third-order valence-corrected chi connectivity index (χ3v) is 7.29. The normalized spacial score (nSPS) is 11.6. The summed E-state index contributed by atoms with van der Waals surface area (Å²) in [7, 11) is 1.50. The molecule has 38 heavy (non-hydrogen) atoms. The quantitative estimate of drug-likeness (QED) is 0.0938. The predicted octanol–water partition coefficient (Wildman–Crippen LogP) is 7.14. The van der Waals surface area contributed by atoms with E-state index in [9.17, 15) is 20.4 Å². The van der Waals surface area contributed by atoms with Crippen LogP contribution in [0.25, 0.3) is 19.6 Å². The van der Waals surface area contributed by atoms with Crippen molar-refractivity contribution in [3.8, 4) is 23.0 Å². The van der Waals surface area contributed by atoms with Crippen LogP contribution < -0.4 is 5.73 Å². The van der Waals surface area contributed by atoms with Gasteiger partial charge in [0.1, 0.15) is 23.0 Å². The van der Waals surface area contributed by atoms with Gasteiger partial charge in [-0.25, -0.2) is 0 Å². The SMILES string of the molecule is CN.Oc1ccc(/C(S)=C(/S)c2ccc(O)cc2)cc1.Oc1ccc(/C(S)=C(/S)c2ccc(O)cc2)cc1. The summed E-state index contributed by atoms with van der Waals surface area (Å²) in [5.41, 5.74) is 7.98. The molecule has 0 spiro atoms. The van der Waals surface area contributed by atoms with Gasteiger partial charge in [0, 0.05) is 19.6 Å². The molecule has 0 saturated carbocycles. The van der Waals surface area contributed by atoms with E-state index in [1.807, 2.05) is 0 Å². The van der Waals surface area contributed by atoms with Crippen molar-refractivity contribution in [1.29, 1.82) is 0 Å². The van der Waals surface area contributed by atoms with Gasteiger partial charge in [0.05, 0.1) is 0 Å². The monoisotopic (exact) mass is 583 g/mol. The van der Waals surface area contributed by atoms with E-state index in [1.165, 1.54) is 7.05 Å². The maximum Gasteiger partial charge on any atom is 0.115 e. The maximum absolute atomic E-state index is 9.24. The minimum atomic E-state index is 0.213. The van der Waals surface area contributed by atoms with Crippen molar-refractivity contribution in [2.75, 3.05) is 7.05 Å². The molecule has 0 atom stereocenters. The summed E-state index contributed by atoms with van der Waals surface area (Å²) in [5, 5.41) is 36.9. The number of benzene rings is 4. The Balaban J connectivity index is 0.000000251. The van der Waals surface area contributed by atoms with Crippen LogP contribution in [0.4, 0.5) is 0 Å². The van der Waals surface area contributed by atoms with Crippen molar-refractivity contribution in [2.45, 2.75) is 0 Å². The third kappa shape index (κ3) is 9.04. The number of hydrogen-bond donors (Lipinski definition) is 9. The number of thiol groups is 4. The van der Waals surface area contributed by atoms with E-state index >= 15 is 0 Å². The molecule has 4 aromatic rings. The Morgan fingerprint density at radius 2 is 0.500 bits per heavy atom. The fraction of sp³-hybridized carbons (Fsp3) is 0.0345. The lowest BCUT2D eigenvalue weighted by Gasteiger charge is -2.07. The number of rotatable bonds is 4. The number of phenolic OH excluding ortho intramolecular Hbond substituents is 4. The fourth-order valence-electron chi connectivity index (χ4n) is 3.02. The highest BCUT2D eigenvalue weighted by Gasteiger charge is 2.06. The second kappa shape index (κ2) is 15.4. The van der Waals surface area contributed by atoms with E-state index in [2.05, 4.69) is 56.2 Å². The Bertz CT molecular complexity index is 1150. The van der Waals surface area contributed by atoms with Gasteiger partial charge in [-0.05, 0) is 77.8 Å². The first kappa shape index (κ1) is 31.1. The number of phenols is 4. The molecular weight excluding hydrogens is 555 g/mol. The van der Waals surface area contributed by atoms with E-state index in [4.69, 9.17) is 0 Å². The van der Waals surface area contributed by atoms with E-state index in [-0.39, 0.29) is 23.0 Å². The summed E-state index contributed by atoms with van der Waals surface area (Å²) in [6, 6.07) is 27.0. The lowest BCUT2D eigenvalue weighted by molar-refractivity contribution is 0.474. The van der Waals surface area contributed by atoms with Crippen LogP contribution >= 0.6 is 50.5 Å². The van der Waals surface area contributed by atoms with Crippen LogP contribution in [0, 0.1) is 0 Å². The molecule has 0 aliphatic heterocycles. The summed E-state index contributed by atoms with van der Waals surface area (Å²) in [6.45, 7) is 0. The van der Waals surface area contributed by atoms with Gasteiger partial charge >= 0.3 is 0 Å². The molecule has 0 unspecified atom stereocenters.